The van der Waals surface area contributed by atoms with Gasteiger partial charge in [-0.2, -0.15) is 0 Å². The minimum absolute atomic E-state index is 0.0786. The highest BCUT2D eigenvalue weighted by molar-refractivity contribution is 5.70. The highest BCUT2D eigenvalue weighted by atomic mass is 16.6. The van der Waals surface area contributed by atoms with Crippen molar-refractivity contribution in [2.24, 2.45) is 0 Å². The summed E-state index contributed by atoms with van der Waals surface area (Å²) in [5.74, 6) is -0.408. The predicted molar refractivity (Wildman–Crippen MR) is 251 cm³/mol. The molecule has 5 heteroatoms. The normalized spacial score (nSPS) is 12.5. The molecule has 0 saturated heterocycles. The molecule has 0 spiro atoms. The van der Waals surface area contributed by atoms with E-state index in [1.807, 2.05) is 0 Å². The number of hydrogen-bond acceptors (Lipinski definition) is 5. The molecule has 0 aromatic heterocycles. The van der Waals surface area contributed by atoms with Crippen molar-refractivity contribution in [1.29, 1.82) is 0 Å². The molecule has 1 atom stereocenters. The molecule has 0 aromatic carbocycles. The summed E-state index contributed by atoms with van der Waals surface area (Å²) >= 11 is 0. The Bertz CT molecular complexity index is 966. The first kappa shape index (κ1) is 55.9. The van der Waals surface area contributed by atoms with Gasteiger partial charge in [-0.3, -0.25) is 9.59 Å². The Morgan fingerprint density at radius 3 is 1.26 bits per heavy atom. The molecule has 0 bridgehead atoms. The second-order valence-electron chi connectivity index (χ2n) is 16.7. The molecule has 1 unspecified atom stereocenters. The van der Waals surface area contributed by atoms with Gasteiger partial charge in [-0.25, -0.2) is 0 Å². The number of unbranched alkanes of at least 4 members (excludes halogenated alkanes) is 27. The predicted octanol–water partition coefficient (Wildman–Crippen LogP) is 16.8. The molecule has 0 aliphatic carbocycles. The van der Waals surface area contributed by atoms with Gasteiger partial charge < -0.3 is 14.2 Å². The van der Waals surface area contributed by atoms with Gasteiger partial charge in [0.2, 0.25) is 0 Å². The van der Waals surface area contributed by atoms with Crippen LogP contribution in [0.15, 0.2) is 48.6 Å². The smallest absolute Gasteiger partial charge is 0.306 e. The van der Waals surface area contributed by atoms with Gasteiger partial charge in [0.15, 0.2) is 6.10 Å². The zero-order valence-corrected chi connectivity index (χ0v) is 38.8. The van der Waals surface area contributed by atoms with Gasteiger partial charge >= 0.3 is 11.9 Å². The highest BCUT2D eigenvalue weighted by Gasteiger charge is 2.17. The van der Waals surface area contributed by atoms with Crippen LogP contribution in [0.1, 0.15) is 252 Å². The first-order valence-electron chi connectivity index (χ1n) is 25.2. The average molecular weight is 813 g/mol. The molecule has 0 fully saturated rings. The molecule has 0 saturated carbocycles. The summed E-state index contributed by atoms with van der Waals surface area (Å²) in [4.78, 5) is 25.3. The van der Waals surface area contributed by atoms with Crippen molar-refractivity contribution >= 4 is 11.9 Å². The zero-order chi connectivity index (χ0) is 42.1. The molecule has 0 amide bonds. The minimum atomic E-state index is -0.540. The van der Waals surface area contributed by atoms with Crippen molar-refractivity contribution in [1.82, 2.24) is 0 Å². The summed E-state index contributed by atoms with van der Waals surface area (Å²) in [5, 5.41) is 0. The van der Waals surface area contributed by atoms with Crippen molar-refractivity contribution in [3.05, 3.63) is 48.6 Å². The molecule has 338 valence electrons. The fraction of sp³-hybridized carbons (Fsp3) is 0.811. The van der Waals surface area contributed by atoms with E-state index < -0.39 is 6.10 Å². The van der Waals surface area contributed by atoms with Crippen LogP contribution in [0.5, 0.6) is 0 Å². The van der Waals surface area contributed by atoms with Crippen molar-refractivity contribution in [2.75, 3.05) is 19.8 Å². The lowest BCUT2D eigenvalue weighted by molar-refractivity contribution is -0.163. The standard InChI is InChI=1S/C53H96O5/c1-4-7-10-13-16-19-22-24-25-26-27-28-29-30-32-34-37-40-43-46-52(54)57-50-51(49-56-48-45-42-39-36-33-23-20-17-14-11-8-5-2)58-53(55)47-44-41-38-35-31-21-18-15-12-9-6-3/h14,16-17,19,24-25,27-28,51H,4-13,15,18,20-23,26,29-50H2,1-3H3/b17-14-,19-16-,25-24-,28-27-. The Balaban J connectivity index is 4.22. The molecule has 0 heterocycles. The molecule has 0 N–H and O–H groups in total. The molecular formula is C53H96O5. The first-order chi connectivity index (χ1) is 28.6. The monoisotopic (exact) mass is 813 g/mol. The summed E-state index contributed by atoms with van der Waals surface area (Å²) in [6, 6.07) is 0. The quantitative estimate of drug-likeness (QED) is 0.0348. The van der Waals surface area contributed by atoms with Gasteiger partial charge in [-0.15, -0.1) is 0 Å². The summed E-state index contributed by atoms with van der Waals surface area (Å²) in [7, 11) is 0. The second kappa shape index (κ2) is 49.2. The SMILES string of the molecule is CCCC/C=C\CCCCCCCCOCC(COC(=O)CCCCCCCC/C=C\C/C=C\C/C=C\CCCCC)OC(=O)CCCCCCCCCCCCC. The topological polar surface area (TPSA) is 61.8 Å². The van der Waals surface area contributed by atoms with E-state index in [-0.39, 0.29) is 25.2 Å². The molecule has 0 aliphatic heterocycles. The number of esters is 2. The third kappa shape index (κ3) is 46.5. The zero-order valence-electron chi connectivity index (χ0n) is 38.8. The molecule has 0 radical (unpaired) electrons. The van der Waals surface area contributed by atoms with Crippen LogP contribution in [0, 0.1) is 0 Å². The van der Waals surface area contributed by atoms with Gasteiger partial charge in [0.1, 0.15) is 6.61 Å². The Hall–Kier alpha value is -2.14. The van der Waals surface area contributed by atoms with Gasteiger partial charge in [-0.05, 0) is 77.0 Å². The van der Waals surface area contributed by atoms with Crippen LogP contribution in [0.4, 0.5) is 0 Å². The molecule has 0 aromatic rings. The Morgan fingerprint density at radius 2 is 0.741 bits per heavy atom. The van der Waals surface area contributed by atoms with Gasteiger partial charge in [0, 0.05) is 19.4 Å². The highest BCUT2D eigenvalue weighted by Crippen LogP contribution is 2.14. The maximum Gasteiger partial charge on any atom is 0.306 e. The Morgan fingerprint density at radius 1 is 0.379 bits per heavy atom. The van der Waals surface area contributed by atoms with Crippen LogP contribution in [0.2, 0.25) is 0 Å². The maximum atomic E-state index is 12.7. The van der Waals surface area contributed by atoms with E-state index in [0.29, 0.717) is 19.4 Å². The summed E-state index contributed by atoms with van der Waals surface area (Å²) in [6.45, 7) is 7.76. The van der Waals surface area contributed by atoms with E-state index in [2.05, 4.69) is 69.4 Å². The fourth-order valence-corrected chi connectivity index (χ4v) is 7.03. The number of carbonyl (C=O) groups excluding carboxylic acids is 2. The van der Waals surface area contributed by atoms with Crippen LogP contribution >= 0.6 is 0 Å². The van der Waals surface area contributed by atoms with Gasteiger partial charge in [0.05, 0.1) is 6.61 Å². The third-order valence-electron chi connectivity index (χ3n) is 10.8. The molecule has 0 rings (SSSR count). The Labute approximate surface area is 361 Å². The Kier molecular flexibility index (Phi) is 47.4. The number of carbonyl (C=O) groups is 2. The van der Waals surface area contributed by atoms with Crippen LogP contribution in [-0.2, 0) is 23.8 Å². The van der Waals surface area contributed by atoms with Gasteiger partial charge in [0.25, 0.3) is 0 Å². The molecule has 0 aliphatic rings. The average Bonchev–Trinajstić information content (AvgIpc) is 3.22. The fourth-order valence-electron chi connectivity index (χ4n) is 7.03. The van der Waals surface area contributed by atoms with Crippen LogP contribution in [0.3, 0.4) is 0 Å². The summed E-state index contributed by atoms with van der Waals surface area (Å²) in [5.41, 5.74) is 0. The van der Waals surface area contributed by atoms with E-state index in [0.717, 1.165) is 64.2 Å². The number of rotatable bonds is 46. The van der Waals surface area contributed by atoms with Crippen LogP contribution in [0.25, 0.3) is 0 Å². The molecule has 58 heavy (non-hydrogen) atoms. The van der Waals surface area contributed by atoms with Crippen molar-refractivity contribution in [2.45, 2.75) is 258 Å². The number of allylic oxidation sites excluding steroid dienone is 8. The second-order valence-corrected chi connectivity index (χ2v) is 16.7. The number of hydrogen-bond donors (Lipinski definition) is 0. The largest absolute Gasteiger partial charge is 0.462 e. The van der Waals surface area contributed by atoms with E-state index in [4.69, 9.17) is 14.2 Å². The molecule has 5 nitrogen and oxygen atoms in total. The maximum absolute atomic E-state index is 12.7. The lowest BCUT2D eigenvalue weighted by Crippen LogP contribution is -2.30. The van der Waals surface area contributed by atoms with Gasteiger partial charge in [-0.1, -0.05) is 211 Å². The van der Waals surface area contributed by atoms with E-state index >= 15 is 0 Å². The first-order valence-corrected chi connectivity index (χ1v) is 25.2. The third-order valence-corrected chi connectivity index (χ3v) is 10.8. The van der Waals surface area contributed by atoms with Crippen molar-refractivity contribution in [3.63, 3.8) is 0 Å². The lowest BCUT2D eigenvalue weighted by Gasteiger charge is -2.18. The minimum Gasteiger partial charge on any atom is -0.462 e. The summed E-state index contributed by atoms with van der Waals surface area (Å²) < 4.78 is 17.3. The summed E-state index contributed by atoms with van der Waals surface area (Å²) in [6.07, 6.45) is 59.7. The van der Waals surface area contributed by atoms with Crippen LogP contribution < -0.4 is 0 Å². The van der Waals surface area contributed by atoms with Crippen LogP contribution in [-0.4, -0.2) is 37.9 Å². The van der Waals surface area contributed by atoms with Crippen molar-refractivity contribution in [3.8, 4) is 0 Å². The van der Waals surface area contributed by atoms with E-state index in [9.17, 15) is 9.59 Å². The van der Waals surface area contributed by atoms with E-state index in [1.165, 1.54) is 154 Å². The number of ether oxygens (including phenoxy) is 3. The lowest BCUT2D eigenvalue weighted by atomic mass is 10.1. The molecular weight excluding hydrogens is 717 g/mol. The van der Waals surface area contributed by atoms with Crippen molar-refractivity contribution < 1.29 is 23.8 Å². The van der Waals surface area contributed by atoms with E-state index in [1.54, 1.807) is 0 Å².